The van der Waals surface area contributed by atoms with E-state index in [4.69, 9.17) is 10.9 Å². The standard InChI is InChI=1S/C15H21N5O/c1-19-9-8-17-15(19)11-20(2)13(10-14(16)18-21)12-6-4-3-5-7-12/h3-9,13,21H,10-11H2,1-2H3,(H2,16,18). The van der Waals surface area contributed by atoms with Gasteiger partial charge in [0.15, 0.2) is 0 Å². The van der Waals surface area contributed by atoms with Gasteiger partial charge in [-0.1, -0.05) is 35.5 Å². The Morgan fingerprint density at radius 3 is 2.71 bits per heavy atom. The molecule has 6 nitrogen and oxygen atoms in total. The monoisotopic (exact) mass is 287 g/mol. The molecule has 3 N–H and O–H groups in total. The number of hydrogen-bond acceptors (Lipinski definition) is 4. The van der Waals surface area contributed by atoms with Gasteiger partial charge in [-0.2, -0.15) is 0 Å². The van der Waals surface area contributed by atoms with Gasteiger partial charge in [0.05, 0.1) is 6.54 Å². The third-order valence-corrected chi connectivity index (χ3v) is 3.56. The Balaban J connectivity index is 2.20. The van der Waals surface area contributed by atoms with Gasteiger partial charge in [-0.05, 0) is 12.6 Å². The Kier molecular flexibility index (Phi) is 4.94. The average Bonchev–Trinajstić information content (AvgIpc) is 2.90. The van der Waals surface area contributed by atoms with Crippen molar-refractivity contribution < 1.29 is 5.21 Å². The van der Waals surface area contributed by atoms with Crippen LogP contribution < -0.4 is 5.73 Å². The van der Waals surface area contributed by atoms with E-state index < -0.39 is 0 Å². The van der Waals surface area contributed by atoms with Gasteiger partial charge in [-0.3, -0.25) is 4.90 Å². The zero-order valence-corrected chi connectivity index (χ0v) is 12.3. The van der Waals surface area contributed by atoms with E-state index in [1.807, 2.05) is 55.2 Å². The maximum absolute atomic E-state index is 8.84. The van der Waals surface area contributed by atoms with E-state index in [1.165, 1.54) is 0 Å². The van der Waals surface area contributed by atoms with Crippen LogP contribution in [0.1, 0.15) is 23.9 Å². The Morgan fingerprint density at radius 1 is 1.43 bits per heavy atom. The summed E-state index contributed by atoms with van der Waals surface area (Å²) in [6.07, 6.45) is 4.16. The second-order valence-corrected chi connectivity index (χ2v) is 5.09. The minimum atomic E-state index is 0.0267. The van der Waals surface area contributed by atoms with Crippen molar-refractivity contribution in [1.82, 2.24) is 14.5 Å². The molecule has 1 unspecified atom stereocenters. The number of imidazole rings is 1. The molecular formula is C15H21N5O. The van der Waals surface area contributed by atoms with E-state index in [-0.39, 0.29) is 11.9 Å². The highest BCUT2D eigenvalue weighted by Crippen LogP contribution is 2.24. The van der Waals surface area contributed by atoms with Gasteiger partial charge in [-0.15, -0.1) is 0 Å². The fourth-order valence-corrected chi connectivity index (χ4v) is 2.32. The summed E-state index contributed by atoms with van der Waals surface area (Å²) in [5.74, 6) is 1.19. The molecule has 112 valence electrons. The number of nitrogens with zero attached hydrogens (tertiary/aromatic N) is 4. The number of nitrogens with two attached hydrogens (primary N) is 1. The first kappa shape index (κ1) is 15.1. The number of oxime groups is 1. The van der Waals surface area contributed by atoms with E-state index in [9.17, 15) is 0 Å². The zero-order chi connectivity index (χ0) is 15.2. The molecule has 2 rings (SSSR count). The first-order valence-electron chi connectivity index (χ1n) is 6.79. The van der Waals surface area contributed by atoms with E-state index in [0.717, 1.165) is 11.4 Å². The van der Waals surface area contributed by atoms with Gasteiger partial charge >= 0.3 is 0 Å². The smallest absolute Gasteiger partial charge is 0.141 e. The summed E-state index contributed by atoms with van der Waals surface area (Å²) < 4.78 is 1.99. The topological polar surface area (TPSA) is 79.7 Å². The molecule has 0 saturated heterocycles. The van der Waals surface area contributed by atoms with Crippen LogP contribution in [0.5, 0.6) is 0 Å². The summed E-state index contributed by atoms with van der Waals surface area (Å²) in [4.78, 5) is 6.49. The molecule has 0 aliphatic rings. The van der Waals surface area contributed by atoms with Crippen LogP contribution in [0.25, 0.3) is 0 Å². The molecule has 0 radical (unpaired) electrons. The molecule has 0 bridgehead atoms. The molecule has 1 aromatic carbocycles. The summed E-state index contributed by atoms with van der Waals surface area (Å²) in [5.41, 5.74) is 6.83. The van der Waals surface area contributed by atoms with Crippen molar-refractivity contribution in [2.24, 2.45) is 17.9 Å². The molecule has 0 saturated carbocycles. The molecule has 21 heavy (non-hydrogen) atoms. The van der Waals surface area contributed by atoms with Crippen molar-refractivity contribution >= 4 is 5.84 Å². The third-order valence-electron chi connectivity index (χ3n) is 3.56. The van der Waals surface area contributed by atoms with Crippen molar-refractivity contribution in [3.63, 3.8) is 0 Å². The average molecular weight is 287 g/mol. The van der Waals surface area contributed by atoms with Crippen LogP contribution in [-0.2, 0) is 13.6 Å². The molecule has 0 aliphatic carbocycles. The van der Waals surface area contributed by atoms with Gasteiger partial charge in [-0.25, -0.2) is 4.98 Å². The maximum atomic E-state index is 8.84. The molecular weight excluding hydrogens is 266 g/mol. The number of aryl methyl sites for hydroxylation is 1. The van der Waals surface area contributed by atoms with Crippen LogP contribution in [0.2, 0.25) is 0 Å². The van der Waals surface area contributed by atoms with E-state index >= 15 is 0 Å². The van der Waals surface area contributed by atoms with Crippen LogP contribution >= 0.6 is 0 Å². The Bertz CT molecular complexity index is 593. The van der Waals surface area contributed by atoms with Crippen LogP contribution in [0.15, 0.2) is 47.9 Å². The minimum absolute atomic E-state index is 0.0267. The summed E-state index contributed by atoms with van der Waals surface area (Å²) in [6, 6.07) is 10.1. The lowest BCUT2D eigenvalue weighted by Crippen LogP contribution is -2.29. The highest BCUT2D eigenvalue weighted by molar-refractivity contribution is 5.80. The van der Waals surface area contributed by atoms with Crippen molar-refractivity contribution in [3.8, 4) is 0 Å². The first-order chi connectivity index (χ1) is 10.1. The van der Waals surface area contributed by atoms with Crippen molar-refractivity contribution in [2.45, 2.75) is 19.0 Å². The van der Waals surface area contributed by atoms with Gasteiger partial charge < -0.3 is 15.5 Å². The van der Waals surface area contributed by atoms with Gasteiger partial charge in [0.2, 0.25) is 0 Å². The fraction of sp³-hybridized carbons (Fsp3) is 0.333. The largest absolute Gasteiger partial charge is 0.409 e. The number of benzene rings is 1. The highest BCUT2D eigenvalue weighted by Gasteiger charge is 2.20. The minimum Gasteiger partial charge on any atom is -0.409 e. The molecule has 1 aromatic heterocycles. The molecule has 0 spiro atoms. The zero-order valence-electron chi connectivity index (χ0n) is 12.3. The van der Waals surface area contributed by atoms with Crippen LogP contribution in [-0.4, -0.2) is 32.5 Å². The van der Waals surface area contributed by atoms with E-state index in [0.29, 0.717) is 13.0 Å². The third kappa shape index (κ3) is 3.82. The Labute approximate surface area is 124 Å². The van der Waals surface area contributed by atoms with Crippen LogP contribution in [0.3, 0.4) is 0 Å². The quantitative estimate of drug-likeness (QED) is 0.367. The summed E-state index contributed by atoms with van der Waals surface area (Å²) in [5, 5.41) is 11.9. The molecule has 6 heteroatoms. The maximum Gasteiger partial charge on any atom is 0.141 e. The highest BCUT2D eigenvalue weighted by atomic mass is 16.4. The lowest BCUT2D eigenvalue weighted by molar-refractivity contribution is 0.231. The molecule has 1 atom stereocenters. The molecule has 2 aromatic rings. The first-order valence-corrected chi connectivity index (χ1v) is 6.79. The number of rotatable bonds is 6. The Morgan fingerprint density at radius 2 is 2.14 bits per heavy atom. The number of aromatic nitrogens is 2. The van der Waals surface area contributed by atoms with Crippen LogP contribution in [0.4, 0.5) is 0 Å². The van der Waals surface area contributed by atoms with Crippen LogP contribution in [0, 0.1) is 0 Å². The van der Waals surface area contributed by atoms with Crippen molar-refractivity contribution in [3.05, 3.63) is 54.1 Å². The van der Waals surface area contributed by atoms with E-state index in [2.05, 4.69) is 15.0 Å². The molecule has 0 fully saturated rings. The molecule has 0 aliphatic heterocycles. The Hall–Kier alpha value is -2.34. The van der Waals surface area contributed by atoms with Gasteiger partial charge in [0.25, 0.3) is 0 Å². The van der Waals surface area contributed by atoms with Gasteiger partial charge in [0, 0.05) is 31.9 Å². The lowest BCUT2D eigenvalue weighted by atomic mass is 10.0. The fourth-order valence-electron chi connectivity index (χ4n) is 2.32. The molecule has 1 heterocycles. The van der Waals surface area contributed by atoms with Crippen molar-refractivity contribution in [1.29, 1.82) is 0 Å². The van der Waals surface area contributed by atoms with E-state index in [1.54, 1.807) is 6.20 Å². The number of amidine groups is 1. The summed E-state index contributed by atoms with van der Waals surface area (Å²) >= 11 is 0. The second-order valence-electron chi connectivity index (χ2n) is 5.09. The SMILES string of the molecule is CN(Cc1nccn1C)C(CC(N)=NO)c1ccccc1. The summed E-state index contributed by atoms with van der Waals surface area (Å²) in [7, 11) is 3.98. The second kappa shape index (κ2) is 6.90. The number of hydrogen-bond donors (Lipinski definition) is 2. The predicted molar refractivity (Wildman–Crippen MR) is 81.9 cm³/mol. The van der Waals surface area contributed by atoms with Crippen molar-refractivity contribution in [2.75, 3.05) is 7.05 Å². The lowest BCUT2D eigenvalue weighted by Gasteiger charge is -2.28. The summed E-state index contributed by atoms with van der Waals surface area (Å²) in [6.45, 7) is 0.682. The predicted octanol–water partition coefficient (Wildman–Crippen LogP) is 1.73. The molecule has 0 amide bonds. The van der Waals surface area contributed by atoms with Gasteiger partial charge in [0.1, 0.15) is 11.7 Å². The normalized spacial score (nSPS) is 13.6.